The quantitative estimate of drug-likeness (QED) is 0.396. The maximum Gasteiger partial charge on any atom is 0.337 e. The zero-order valence-corrected chi connectivity index (χ0v) is 19.5. The van der Waals surface area contributed by atoms with Crippen LogP contribution in [0.1, 0.15) is 49.2 Å². The second kappa shape index (κ2) is 8.76. The number of rotatable bonds is 5. The van der Waals surface area contributed by atoms with E-state index in [9.17, 15) is 14.4 Å². The third-order valence-corrected chi connectivity index (χ3v) is 6.28. The van der Waals surface area contributed by atoms with Crippen LogP contribution in [0.15, 0.2) is 75.9 Å². The maximum atomic E-state index is 13.7. The van der Waals surface area contributed by atoms with Crippen molar-refractivity contribution in [3.63, 3.8) is 0 Å². The van der Waals surface area contributed by atoms with Crippen molar-refractivity contribution in [3.8, 4) is 5.75 Å². The van der Waals surface area contributed by atoms with Crippen molar-refractivity contribution < 1.29 is 23.5 Å². The maximum absolute atomic E-state index is 13.7. The van der Waals surface area contributed by atoms with Crippen molar-refractivity contribution in [1.29, 1.82) is 0 Å². The molecule has 0 bridgehead atoms. The van der Waals surface area contributed by atoms with E-state index in [-0.39, 0.29) is 23.6 Å². The van der Waals surface area contributed by atoms with Gasteiger partial charge in [-0.2, -0.15) is 0 Å². The van der Waals surface area contributed by atoms with Gasteiger partial charge in [0.05, 0.1) is 36.8 Å². The third kappa shape index (κ3) is 3.85. The predicted molar refractivity (Wildman–Crippen MR) is 130 cm³/mol. The zero-order valence-electron chi connectivity index (χ0n) is 19.5. The first-order valence-corrected chi connectivity index (χ1v) is 11.1. The molecule has 1 atom stereocenters. The number of aryl methyl sites for hydroxylation is 1. The Balaban J connectivity index is 1.66. The van der Waals surface area contributed by atoms with Crippen LogP contribution in [0.25, 0.3) is 11.0 Å². The number of hydrogen-bond donors (Lipinski definition) is 0. The molecule has 0 unspecified atom stereocenters. The first-order chi connectivity index (χ1) is 16.9. The molecule has 0 N–H and O–H groups in total. The van der Waals surface area contributed by atoms with E-state index < -0.39 is 12.0 Å². The first kappa shape index (κ1) is 22.4. The van der Waals surface area contributed by atoms with Crippen LogP contribution in [0.5, 0.6) is 5.75 Å². The number of fused-ring (bicyclic) bond motifs is 2. The van der Waals surface area contributed by atoms with Crippen LogP contribution in [-0.4, -0.2) is 31.0 Å². The molecule has 5 rings (SSSR count). The molecular formula is C28H23NO6. The van der Waals surface area contributed by atoms with Crippen LogP contribution < -0.4 is 10.2 Å². The summed E-state index contributed by atoms with van der Waals surface area (Å²) in [5, 5.41) is 0.430. The van der Waals surface area contributed by atoms with E-state index in [1.807, 2.05) is 37.3 Å². The molecule has 176 valence electrons. The Kier molecular flexibility index (Phi) is 5.61. The summed E-state index contributed by atoms with van der Waals surface area (Å²) in [6.45, 7) is 2.15. The molecule has 1 aliphatic heterocycles. The summed E-state index contributed by atoms with van der Waals surface area (Å²) >= 11 is 0. The summed E-state index contributed by atoms with van der Waals surface area (Å²) < 4.78 is 16.0. The normalized spacial score (nSPS) is 14.8. The van der Waals surface area contributed by atoms with Crippen molar-refractivity contribution in [2.24, 2.45) is 0 Å². The SMILES string of the molecule is COC(=O)c1ccc([C@@H]2c3c(oc4ccc(C)cc4c3=O)C(=O)N2Cc2ccc(OC)cc2)cc1. The van der Waals surface area contributed by atoms with E-state index in [1.54, 1.807) is 48.4 Å². The van der Waals surface area contributed by atoms with Crippen LogP contribution in [0, 0.1) is 6.92 Å². The highest BCUT2D eigenvalue weighted by Crippen LogP contribution is 2.39. The van der Waals surface area contributed by atoms with Gasteiger partial charge in [0.2, 0.25) is 5.76 Å². The van der Waals surface area contributed by atoms with E-state index in [0.29, 0.717) is 33.4 Å². The van der Waals surface area contributed by atoms with Gasteiger partial charge in [0.1, 0.15) is 11.3 Å². The number of esters is 1. The fourth-order valence-corrected chi connectivity index (χ4v) is 4.49. The summed E-state index contributed by atoms with van der Waals surface area (Å²) in [4.78, 5) is 40.8. The Labute approximate surface area is 201 Å². The topological polar surface area (TPSA) is 86.0 Å². The second-order valence-electron chi connectivity index (χ2n) is 8.47. The molecule has 0 radical (unpaired) electrons. The average Bonchev–Trinajstić information content (AvgIpc) is 3.16. The van der Waals surface area contributed by atoms with Crippen LogP contribution >= 0.6 is 0 Å². The summed E-state index contributed by atoms with van der Waals surface area (Å²) in [5.41, 5.74) is 3.30. The van der Waals surface area contributed by atoms with E-state index >= 15 is 0 Å². The molecule has 0 fully saturated rings. The molecule has 7 heteroatoms. The highest BCUT2D eigenvalue weighted by atomic mass is 16.5. The minimum atomic E-state index is -0.674. The van der Waals surface area contributed by atoms with Gasteiger partial charge in [-0.1, -0.05) is 35.9 Å². The van der Waals surface area contributed by atoms with Crippen molar-refractivity contribution in [2.75, 3.05) is 14.2 Å². The van der Waals surface area contributed by atoms with E-state index in [0.717, 1.165) is 11.1 Å². The van der Waals surface area contributed by atoms with E-state index in [1.165, 1.54) is 7.11 Å². The zero-order chi connectivity index (χ0) is 24.7. The summed E-state index contributed by atoms with van der Waals surface area (Å²) in [5.74, 6) is -0.0759. The van der Waals surface area contributed by atoms with Crippen molar-refractivity contribution in [2.45, 2.75) is 19.5 Å². The van der Waals surface area contributed by atoms with Crippen LogP contribution in [-0.2, 0) is 11.3 Å². The number of carbonyl (C=O) groups excluding carboxylic acids is 2. The third-order valence-electron chi connectivity index (χ3n) is 6.28. The summed E-state index contributed by atoms with van der Waals surface area (Å²) in [7, 11) is 2.91. The standard InChI is InChI=1S/C28H23NO6/c1-16-4-13-22-21(14-16)25(30)23-24(18-7-9-19(10-8-18)28(32)34-3)29(27(31)26(23)35-22)15-17-5-11-20(33-2)12-6-17/h4-14,24H,15H2,1-3H3/t24-/m1/s1. The molecule has 3 aromatic carbocycles. The molecule has 0 saturated carbocycles. The Bertz CT molecular complexity index is 1500. The molecule has 0 aliphatic carbocycles. The molecule has 1 aliphatic rings. The lowest BCUT2D eigenvalue weighted by Gasteiger charge is -2.25. The fourth-order valence-electron chi connectivity index (χ4n) is 4.49. The molecule has 4 aromatic rings. The number of nitrogens with zero attached hydrogens (tertiary/aromatic N) is 1. The predicted octanol–water partition coefficient (Wildman–Crippen LogP) is 4.64. The number of hydrogen-bond acceptors (Lipinski definition) is 6. The lowest BCUT2D eigenvalue weighted by molar-refractivity contribution is 0.0599. The van der Waals surface area contributed by atoms with E-state index in [4.69, 9.17) is 13.9 Å². The minimum Gasteiger partial charge on any atom is -0.497 e. The summed E-state index contributed by atoms with van der Waals surface area (Å²) in [6.07, 6.45) is 0. The van der Waals surface area contributed by atoms with E-state index in [2.05, 4.69) is 0 Å². The Hall–Kier alpha value is -4.39. The summed E-state index contributed by atoms with van der Waals surface area (Å²) in [6, 6.07) is 18.8. The van der Waals surface area contributed by atoms with Gasteiger partial charge in [-0.15, -0.1) is 0 Å². The molecule has 7 nitrogen and oxygen atoms in total. The lowest BCUT2D eigenvalue weighted by atomic mass is 9.97. The molecule has 0 saturated heterocycles. The Morgan fingerprint density at radius 2 is 1.69 bits per heavy atom. The molecular weight excluding hydrogens is 446 g/mol. The van der Waals surface area contributed by atoms with Crippen LogP contribution in [0.2, 0.25) is 0 Å². The number of carbonyl (C=O) groups is 2. The molecule has 35 heavy (non-hydrogen) atoms. The monoisotopic (exact) mass is 469 g/mol. The first-order valence-electron chi connectivity index (χ1n) is 11.1. The van der Waals surface area contributed by atoms with Gasteiger partial charge in [-0.25, -0.2) is 4.79 Å². The van der Waals surface area contributed by atoms with Gasteiger partial charge in [-0.3, -0.25) is 9.59 Å². The minimum absolute atomic E-state index is 0.0434. The van der Waals surface area contributed by atoms with Crippen LogP contribution in [0.3, 0.4) is 0 Å². The molecule has 0 spiro atoms. The largest absolute Gasteiger partial charge is 0.497 e. The van der Waals surface area contributed by atoms with Gasteiger partial charge in [0, 0.05) is 6.54 Å². The van der Waals surface area contributed by atoms with Gasteiger partial charge in [0.15, 0.2) is 5.43 Å². The fraction of sp³-hybridized carbons (Fsp3) is 0.179. The molecule has 1 aromatic heterocycles. The number of amides is 1. The van der Waals surface area contributed by atoms with Gasteiger partial charge < -0.3 is 18.8 Å². The second-order valence-corrected chi connectivity index (χ2v) is 8.47. The Morgan fingerprint density at radius 1 is 0.971 bits per heavy atom. The number of ether oxygens (including phenoxy) is 2. The van der Waals surface area contributed by atoms with Crippen molar-refractivity contribution >= 4 is 22.8 Å². The van der Waals surface area contributed by atoms with Crippen molar-refractivity contribution in [1.82, 2.24) is 4.90 Å². The van der Waals surface area contributed by atoms with Gasteiger partial charge in [-0.05, 0) is 54.4 Å². The molecule has 1 amide bonds. The van der Waals surface area contributed by atoms with Crippen molar-refractivity contribution in [3.05, 3.63) is 111 Å². The van der Waals surface area contributed by atoms with Crippen LogP contribution in [0.4, 0.5) is 0 Å². The van der Waals surface area contributed by atoms with Gasteiger partial charge >= 0.3 is 5.97 Å². The lowest BCUT2D eigenvalue weighted by Crippen LogP contribution is -2.29. The average molecular weight is 469 g/mol. The molecule has 2 heterocycles. The highest BCUT2D eigenvalue weighted by molar-refractivity contribution is 5.99. The highest BCUT2D eigenvalue weighted by Gasteiger charge is 2.42. The van der Waals surface area contributed by atoms with Gasteiger partial charge in [0.25, 0.3) is 5.91 Å². The smallest absolute Gasteiger partial charge is 0.337 e. The number of methoxy groups -OCH3 is 2. The Morgan fingerprint density at radius 3 is 2.34 bits per heavy atom. The number of benzene rings is 3.